The van der Waals surface area contributed by atoms with Crippen LogP contribution in [0, 0.1) is 0 Å². The van der Waals surface area contributed by atoms with Crippen LogP contribution in [-0.4, -0.2) is 6.01 Å². The summed E-state index contributed by atoms with van der Waals surface area (Å²) in [6, 6.07) is 12.5. The van der Waals surface area contributed by atoms with Gasteiger partial charge in [0.25, 0.3) is 0 Å². The van der Waals surface area contributed by atoms with Gasteiger partial charge in [0.1, 0.15) is 6.01 Å². The summed E-state index contributed by atoms with van der Waals surface area (Å²) in [4.78, 5) is 9.77. The van der Waals surface area contributed by atoms with Crippen LogP contribution in [-0.2, 0) is 0 Å². The number of aliphatic imine (C=N–C) groups is 2. The Balaban J connectivity index is 2.76. The molecule has 2 nitrogen and oxygen atoms in total. The Hall–Kier alpha value is -2.18. The lowest BCUT2D eigenvalue weighted by Crippen LogP contribution is -2.00. The lowest BCUT2D eigenvalue weighted by atomic mass is 9.87. The van der Waals surface area contributed by atoms with Crippen molar-refractivity contribution in [3.05, 3.63) is 57.6 Å². The highest BCUT2D eigenvalue weighted by Crippen LogP contribution is 2.39. The minimum atomic E-state index is 0.393. The number of hydrogen-bond acceptors (Lipinski definition) is 2. The summed E-state index contributed by atoms with van der Waals surface area (Å²) in [5, 5.41) is 0. The van der Waals surface area contributed by atoms with Crippen molar-refractivity contribution in [3.8, 4) is 0 Å². The fourth-order valence-electron chi connectivity index (χ4n) is 4.22. The zero-order valence-electron chi connectivity index (χ0n) is 23.2. The Kier molecular flexibility index (Phi) is 9.27. The topological polar surface area (TPSA) is 24.7 Å². The summed E-state index contributed by atoms with van der Waals surface area (Å²) in [7, 11) is 0. The molecule has 0 saturated heterocycles. The fourth-order valence-corrected chi connectivity index (χ4v) is 4.22. The van der Waals surface area contributed by atoms with Crippen molar-refractivity contribution in [3.63, 3.8) is 0 Å². The van der Waals surface area contributed by atoms with Crippen LogP contribution < -0.4 is 0 Å². The van der Waals surface area contributed by atoms with Crippen LogP contribution in [0.3, 0.4) is 0 Å². The van der Waals surface area contributed by atoms with Crippen LogP contribution in [0.15, 0.2) is 34.3 Å². The molecule has 0 spiro atoms. The van der Waals surface area contributed by atoms with Crippen molar-refractivity contribution < 1.29 is 0 Å². The summed E-state index contributed by atoms with van der Waals surface area (Å²) in [5.41, 5.74) is 10.0. The molecule has 0 aliphatic heterocycles. The van der Waals surface area contributed by atoms with Gasteiger partial charge in [-0.25, -0.2) is 0 Å². The van der Waals surface area contributed by atoms with Crippen molar-refractivity contribution in [2.45, 2.75) is 119 Å². The highest BCUT2D eigenvalue weighted by Gasteiger charge is 2.18. The second kappa shape index (κ2) is 11.3. The minimum Gasteiger partial charge on any atom is -0.187 e. The summed E-state index contributed by atoms with van der Waals surface area (Å²) in [6.45, 7) is 27.0. The number of benzene rings is 2. The third kappa shape index (κ3) is 6.45. The van der Waals surface area contributed by atoms with Gasteiger partial charge in [-0.1, -0.05) is 107 Å². The molecule has 2 heteroatoms. The van der Waals surface area contributed by atoms with Crippen LogP contribution >= 0.6 is 0 Å². The van der Waals surface area contributed by atoms with Gasteiger partial charge in [-0.05, 0) is 68.9 Å². The molecule has 0 fully saturated rings. The van der Waals surface area contributed by atoms with Gasteiger partial charge >= 0.3 is 0 Å². The Morgan fingerprint density at radius 3 is 0.848 bits per heavy atom. The van der Waals surface area contributed by atoms with E-state index in [2.05, 4.69) is 113 Å². The zero-order valence-corrected chi connectivity index (χ0v) is 23.2. The maximum absolute atomic E-state index is 4.89. The van der Waals surface area contributed by atoms with E-state index in [0.29, 0.717) is 35.5 Å². The van der Waals surface area contributed by atoms with E-state index in [-0.39, 0.29) is 0 Å². The quantitative estimate of drug-likeness (QED) is 0.360. The zero-order chi connectivity index (χ0) is 25.0. The highest BCUT2D eigenvalue weighted by atomic mass is 14.8. The maximum atomic E-state index is 4.89. The summed E-state index contributed by atoms with van der Waals surface area (Å²) in [5.74, 6) is 2.56. The Morgan fingerprint density at radius 2 is 0.667 bits per heavy atom. The molecular weight excluding hydrogens is 400 g/mol. The molecule has 0 saturated carbocycles. The highest BCUT2D eigenvalue weighted by molar-refractivity contribution is 5.68. The molecule has 2 aromatic carbocycles. The smallest absolute Gasteiger partial charge is 0.101 e. The van der Waals surface area contributed by atoms with Crippen LogP contribution in [0.2, 0.25) is 0 Å². The molecule has 0 aromatic heterocycles. The molecule has 0 N–H and O–H groups in total. The van der Waals surface area contributed by atoms with E-state index >= 15 is 0 Å². The van der Waals surface area contributed by atoms with Crippen LogP contribution in [0.4, 0.5) is 11.4 Å². The van der Waals surface area contributed by atoms with Crippen molar-refractivity contribution in [2.24, 2.45) is 9.98 Å². The maximum Gasteiger partial charge on any atom is 0.101 e. The van der Waals surface area contributed by atoms with Crippen LogP contribution in [0.1, 0.15) is 152 Å². The first-order chi connectivity index (χ1) is 15.3. The van der Waals surface area contributed by atoms with Gasteiger partial charge in [0, 0.05) is 0 Å². The molecule has 33 heavy (non-hydrogen) atoms. The van der Waals surface area contributed by atoms with Crippen molar-refractivity contribution >= 4 is 17.4 Å². The first-order valence-corrected chi connectivity index (χ1v) is 12.9. The monoisotopic (exact) mass is 446 g/mol. The van der Waals surface area contributed by atoms with E-state index in [9.17, 15) is 0 Å². The summed E-state index contributed by atoms with van der Waals surface area (Å²) >= 11 is 0. The third-order valence-corrected chi connectivity index (χ3v) is 6.53. The average Bonchev–Trinajstić information content (AvgIpc) is 2.72. The summed E-state index contributed by atoms with van der Waals surface area (Å²) < 4.78 is 0. The van der Waals surface area contributed by atoms with E-state index in [4.69, 9.17) is 9.98 Å². The molecule has 0 heterocycles. The van der Waals surface area contributed by atoms with E-state index in [1.54, 1.807) is 0 Å². The lowest BCUT2D eigenvalue weighted by molar-refractivity contribution is 0.804. The molecule has 180 valence electrons. The SMILES string of the molecule is CC(C)c1cc(C(C)C)c(N=C=Nc2c(C(C)C)cc(C(C)C)cc2C(C)C)c(C(C)C)c1. The van der Waals surface area contributed by atoms with Gasteiger partial charge in [-0.15, -0.1) is 0 Å². The van der Waals surface area contributed by atoms with Crippen molar-refractivity contribution in [1.29, 1.82) is 0 Å². The standard InChI is InChI=1S/C31H46N2/c1-18(2)24-13-26(20(5)6)30(27(14-24)21(7)8)32-17-33-31-28(22(9)10)15-25(19(3)4)16-29(31)23(11)12/h13-16,18-23H,1-12H3. The van der Waals surface area contributed by atoms with Gasteiger partial charge in [-0.3, -0.25) is 0 Å². The minimum absolute atomic E-state index is 0.393. The molecule has 0 aliphatic carbocycles. The lowest BCUT2D eigenvalue weighted by Gasteiger charge is -2.20. The van der Waals surface area contributed by atoms with E-state index < -0.39 is 0 Å². The Morgan fingerprint density at radius 1 is 0.424 bits per heavy atom. The average molecular weight is 447 g/mol. The first-order valence-electron chi connectivity index (χ1n) is 12.9. The molecule has 2 aromatic rings. The third-order valence-electron chi connectivity index (χ3n) is 6.53. The molecule has 0 radical (unpaired) electrons. The van der Waals surface area contributed by atoms with E-state index in [1.807, 2.05) is 0 Å². The van der Waals surface area contributed by atoms with Crippen LogP contribution in [0.5, 0.6) is 0 Å². The molecule has 0 aliphatic rings. The first kappa shape index (κ1) is 27.1. The second-order valence-corrected chi connectivity index (χ2v) is 11.3. The Bertz CT molecular complexity index is 876. The van der Waals surface area contributed by atoms with Gasteiger partial charge in [-0.2, -0.15) is 9.98 Å². The van der Waals surface area contributed by atoms with Gasteiger partial charge in [0.2, 0.25) is 0 Å². The molecule has 0 unspecified atom stereocenters. The van der Waals surface area contributed by atoms with Gasteiger partial charge < -0.3 is 0 Å². The molecule has 0 atom stereocenters. The number of rotatable bonds is 8. The van der Waals surface area contributed by atoms with Crippen molar-refractivity contribution in [2.75, 3.05) is 0 Å². The fraction of sp³-hybridized carbons (Fsp3) is 0.581. The predicted octanol–water partition coefficient (Wildman–Crippen LogP) is 10.6. The molecular formula is C31H46N2. The molecule has 0 amide bonds. The van der Waals surface area contributed by atoms with E-state index in [1.165, 1.54) is 33.4 Å². The Labute approximate surface area is 203 Å². The number of nitrogens with zero attached hydrogens (tertiary/aromatic N) is 2. The molecule has 0 bridgehead atoms. The number of hydrogen-bond donors (Lipinski definition) is 0. The largest absolute Gasteiger partial charge is 0.187 e. The normalized spacial score (nSPS) is 11.9. The predicted molar refractivity (Wildman–Crippen MR) is 147 cm³/mol. The summed E-state index contributed by atoms with van der Waals surface area (Å²) in [6.07, 6.45) is 0. The van der Waals surface area contributed by atoms with Gasteiger partial charge in [0.05, 0.1) is 11.4 Å². The second-order valence-electron chi connectivity index (χ2n) is 11.3. The van der Waals surface area contributed by atoms with Gasteiger partial charge in [0.15, 0.2) is 0 Å². The molecule has 2 rings (SSSR count). The van der Waals surface area contributed by atoms with Crippen LogP contribution in [0.25, 0.3) is 0 Å². The van der Waals surface area contributed by atoms with E-state index in [0.717, 1.165) is 11.4 Å². The van der Waals surface area contributed by atoms with Crippen molar-refractivity contribution in [1.82, 2.24) is 0 Å².